The first kappa shape index (κ1) is 23.2. The monoisotopic (exact) mass is 422 g/mol. The van der Waals surface area contributed by atoms with E-state index in [1.807, 2.05) is 30.3 Å². The number of amides is 3. The standard InChI is InChI=1S/C22H22N4O5/c1-15(27)26(2)21(29)19(25-23)22(30)31-18(13-16-9-5-3-6-10-16)20(28)24-14-17-11-7-4-8-12-17/h3-12,18H,13-14H2,1-2H3,(H,24,28)/t18-/m0/s1. The maximum absolute atomic E-state index is 12.7. The summed E-state index contributed by atoms with van der Waals surface area (Å²) in [5.74, 6) is -3.73. The second-order valence-corrected chi connectivity index (χ2v) is 6.62. The SMILES string of the molecule is CC(=O)N(C)C(=O)C(=[N+]=[N-])C(=O)O[C@@H](Cc1ccccc1)C(=O)NCc1ccccc1. The Bertz CT molecular complexity index is 1000. The lowest BCUT2D eigenvalue weighted by molar-refractivity contribution is -0.155. The van der Waals surface area contributed by atoms with Gasteiger partial charge in [-0.2, -0.15) is 4.79 Å². The van der Waals surface area contributed by atoms with Crippen molar-refractivity contribution in [1.29, 1.82) is 0 Å². The normalized spacial score (nSPS) is 10.9. The van der Waals surface area contributed by atoms with E-state index < -0.39 is 35.5 Å². The van der Waals surface area contributed by atoms with E-state index in [4.69, 9.17) is 10.3 Å². The van der Waals surface area contributed by atoms with Gasteiger partial charge in [-0.3, -0.25) is 19.3 Å². The van der Waals surface area contributed by atoms with Crippen LogP contribution in [0.5, 0.6) is 0 Å². The van der Waals surface area contributed by atoms with Crippen LogP contribution in [-0.2, 0) is 36.9 Å². The molecule has 0 saturated heterocycles. The molecule has 1 N–H and O–H groups in total. The first-order valence-corrected chi connectivity index (χ1v) is 9.40. The second-order valence-electron chi connectivity index (χ2n) is 6.62. The fraction of sp³-hybridized carbons (Fsp3) is 0.227. The van der Waals surface area contributed by atoms with E-state index in [9.17, 15) is 19.2 Å². The Morgan fingerprint density at radius 1 is 1.00 bits per heavy atom. The maximum Gasteiger partial charge on any atom is 0.463 e. The van der Waals surface area contributed by atoms with Gasteiger partial charge in [0.25, 0.3) is 5.91 Å². The largest absolute Gasteiger partial charge is 0.463 e. The molecule has 0 aliphatic rings. The van der Waals surface area contributed by atoms with Crippen molar-refractivity contribution in [3.8, 4) is 0 Å². The van der Waals surface area contributed by atoms with Crippen molar-refractivity contribution in [3.05, 3.63) is 77.3 Å². The fourth-order valence-electron chi connectivity index (χ4n) is 2.57. The number of esters is 1. The van der Waals surface area contributed by atoms with Gasteiger partial charge in [-0.1, -0.05) is 60.7 Å². The van der Waals surface area contributed by atoms with E-state index in [0.29, 0.717) is 10.5 Å². The minimum Gasteiger partial charge on any atom is -0.443 e. The Kier molecular flexibility index (Phi) is 8.36. The number of benzene rings is 2. The number of carbonyl (C=O) groups is 4. The molecule has 9 nitrogen and oxygen atoms in total. The zero-order valence-electron chi connectivity index (χ0n) is 17.1. The molecule has 2 rings (SSSR count). The summed E-state index contributed by atoms with van der Waals surface area (Å²) < 4.78 is 5.21. The van der Waals surface area contributed by atoms with Crippen molar-refractivity contribution in [2.45, 2.75) is 26.0 Å². The average molecular weight is 422 g/mol. The van der Waals surface area contributed by atoms with Gasteiger partial charge in [-0.25, -0.2) is 4.79 Å². The van der Waals surface area contributed by atoms with E-state index >= 15 is 0 Å². The highest BCUT2D eigenvalue weighted by atomic mass is 16.5. The molecule has 0 fully saturated rings. The van der Waals surface area contributed by atoms with Crippen LogP contribution in [-0.4, -0.2) is 52.2 Å². The Morgan fingerprint density at radius 3 is 2.06 bits per heavy atom. The van der Waals surface area contributed by atoms with Gasteiger partial charge in [0.05, 0.1) is 0 Å². The van der Waals surface area contributed by atoms with Crippen LogP contribution in [0.3, 0.4) is 0 Å². The van der Waals surface area contributed by atoms with Crippen LogP contribution in [0.4, 0.5) is 0 Å². The number of nitrogens with zero attached hydrogens (tertiary/aromatic N) is 3. The van der Waals surface area contributed by atoms with Gasteiger partial charge in [0.1, 0.15) is 0 Å². The van der Waals surface area contributed by atoms with Gasteiger partial charge in [0.2, 0.25) is 5.91 Å². The number of hydrogen-bond acceptors (Lipinski definition) is 5. The Morgan fingerprint density at radius 2 is 1.55 bits per heavy atom. The van der Waals surface area contributed by atoms with Crippen LogP contribution in [0.1, 0.15) is 18.1 Å². The number of imide groups is 1. The van der Waals surface area contributed by atoms with Crippen LogP contribution in [0.15, 0.2) is 60.7 Å². The molecule has 2 aromatic carbocycles. The predicted molar refractivity (Wildman–Crippen MR) is 110 cm³/mol. The lowest BCUT2D eigenvalue weighted by Crippen LogP contribution is -2.45. The van der Waals surface area contributed by atoms with E-state index in [2.05, 4.69) is 10.1 Å². The highest BCUT2D eigenvalue weighted by Gasteiger charge is 2.38. The highest BCUT2D eigenvalue weighted by Crippen LogP contribution is 2.08. The topological polar surface area (TPSA) is 129 Å². The smallest absolute Gasteiger partial charge is 0.443 e. The molecule has 0 heterocycles. The van der Waals surface area contributed by atoms with E-state index in [1.54, 1.807) is 30.3 Å². The van der Waals surface area contributed by atoms with Crippen LogP contribution in [0, 0.1) is 0 Å². The Labute approximate surface area is 179 Å². The number of rotatable bonds is 8. The van der Waals surface area contributed by atoms with Crippen LogP contribution >= 0.6 is 0 Å². The third-order valence-corrected chi connectivity index (χ3v) is 4.39. The molecule has 0 saturated carbocycles. The van der Waals surface area contributed by atoms with Gasteiger partial charge >= 0.3 is 17.6 Å². The number of hydrogen-bond donors (Lipinski definition) is 1. The van der Waals surface area contributed by atoms with Gasteiger partial charge in [0, 0.05) is 26.9 Å². The van der Waals surface area contributed by atoms with Gasteiger partial charge in [-0.05, 0) is 11.1 Å². The zero-order chi connectivity index (χ0) is 22.8. The van der Waals surface area contributed by atoms with Gasteiger partial charge in [-0.15, -0.1) is 0 Å². The van der Waals surface area contributed by atoms with Crippen molar-refractivity contribution in [2.24, 2.45) is 0 Å². The quantitative estimate of drug-likeness (QED) is 0.224. The summed E-state index contributed by atoms with van der Waals surface area (Å²) in [4.78, 5) is 52.0. The molecule has 3 amide bonds. The molecule has 0 unspecified atom stereocenters. The fourth-order valence-corrected chi connectivity index (χ4v) is 2.57. The number of nitrogens with one attached hydrogen (secondary N) is 1. The minimum absolute atomic E-state index is 0.0304. The van der Waals surface area contributed by atoms with Crippen molar-refractivity contribution in [2.75, 3.05) is 7.05 Å². The van der Waals surface area contributed by atoms with Crippen molar-refractivity contribution in [3.63, 3.8) is 0 Å². The van der Waals surface area contributed by atoms with Crippen molar-refractivity contribution in [1.82, 2.24) is 10.2 Å². The molecule has 0 bridgehead atoms. The summed E-state index contributed by atoms with van der Waals surface area (Å²) in [6, 6.07) is 18.0. The molecule has 0 aliphatic carbocycles. The summed E-state index contributed by atoms with van der Waals surface area (Å²) in [6.07, 6.45) is -1.27. The van der Waals surface area contributed by atoms with Gasteiger partial charge in [0.15, 0.2) is 6.10 Å². The maximum atomic E-state index is 12.7. The molecule has 0 aliphatic heterocycles. The third-order valence-electron chi connectivity index (χ3n) is 4.39. The lowest BCUT2D eigenvalue weighted by atomic mass is 10.1. The average Bonchev–Trinajstić information content (AvgIpc) is 2.78. The third kappa shape index (κ3) is 6.73. The minimum atomic E-state index is -1.32. The van der Waals surface area contributed by atoms with Crippen molar-refractivity contribution < 1.29 is 28.7 Å². The molecule has 0 aromatic heterocycles. The zero-order valence-corrected chi connectivity index (χ0v) is 17.1. The molecule has 9 heteroatoms. The predicted octanol–water partition coefficient (Wildman–Crippen LogP) is 1.13. The van der Waals surface area contributed by atoms with Crippen LogP contribution in [0.25, 0.3) is 5.53 Å². The molecule has 0 spiro atoms. The molecular weight excluding hydrogens is 400 g/mol. The van der Waals surface area contributed by atoms with Crippen LogP contribution in [0.2, 0.25) is 0 Å². The molecule has 0 radical (unpaired) electrons. The summed E-state index contributed by atoms with van der Waals surface area (Å²) in [7, 11) is 1.12. The first-order chi connectivity index (χ1) is 14.8. The molecular formula is C22H22N4O5. The van der Waals surface area contributed by atoms with Crippen molar-refractivity contribution >= 4 is 29.4 Å². The van der Waals surface area contributed by atoms with Gasteiger partial charge < -0.3 is 15.6 Å². The summed E-state index contributed by atoms with van der Waals surface area (Å²) in [5.41, 5.74) is 9.67. The summed E-state index contributed by atoms with van der Waals surface area (Å²) >= 11 is 0. The second kappa shape index (κ2) is 11.2. The summed E-state index contributed by atoms with van der Waals surface area (Å²) in [6.45, 7) is 1.31. The Balaban J connectivity index is 2.18. The molecule has 1 atom stereocenters. The number of carbonyl (C=O) groups excluding carboxylic acids is 4. The number of ether oxygens (including phenoxy) is 1. The Hall–Kier alpha value is -4.10. The van der Waals surface area contributed by atoms with E-state index in [0.717, 1.165) is 19.5 Å². The molecule has 160 valence electrons. The van der Waals surface area contributed by atoms with E-state index in [-0.39, 0.29) is 13.0 Å². The van der Waals surface area contributed by atoms with Crippen LogP contribution < -0.4 is 5.32 Å². The molecule has 2 aromatic rings. The van der Waals surface area contributed by atoms with E-state index in [1.165, 1.54) is 0 Å². The lowest BCUT2D eigenvalue weighted by Gasteiger charge is -2.17. The highest BCUT2D eigenvalue weighted by molar-refractivity contribution is 6.62. The molecule has 31 heavy (non-hydrogen) atoms. The first-order valence-electron chi connectivity index (χ1n) is 9.40. The summed E-state index contributed by atoms with van der Waals surface area (Å²) in [5, 5.41) is 2.68.